The lowest BCUT2D eigenvalue weighted by molar-refractivity contribution is 1.39. The summed E-state index contributed by atoms with van der Waals surface area (Å²) < 4.78 is 0. The van der Waals surface area contributed by atoms with Gasteiger partial charge in [0.05, 0.1) is 0 Å². The Hall–Kier alpha value is -1.11. The molecule has 0 fully saturated rings. The molecule has 0 aliphatic rings. The van der Waals surface area contributed by atoms with Crippen molar-refractivity contribution in [3.05, 3.63) is 36.0 Å². The van der Waals surface area contributed by atoms with Crippen LogP contribution in [0.3, 0.4) is 0 Å². The standard InChI is InChI=1S/C11H17N/c1-9(2)7-6-8-10(3)11(4)12-5/h6-8H,1H2,2-5H3/b7-6-,10-8+,12-11?. The maximum atomic E-state index is 4.08. The van der Waals surface area contributed by atoms with E-state index in [1.165, 1.54) is 5.57 Å². The molecular formula is C11H17N. The van der Waals surface area contributed by atoms with Crippen molar-refractivity contribution in [1.29, 1.82) is 0 Å². The molecule has 0 heterocycles. The van der Waals surface area contributed by atoms with Crippen LogP contribution >= 0.6 is 0 Å². The summed E-state index contributed by atoms with van der Waals surface area (Å²) in [4.78, 5) is 4.08. The molecule has 66 valence electrons. The molecule has 1 heteroatoms. The van der Waals surface area contributed by atoms with Crippen molar-refractivity contribution >= 4 is 5.71 Å². The van der Waals surface area contributed by atoms with Crippen LogP contribution in [0.25, 0.3) is 0 Å². The molecule has 1 nitrogen and oxygen atoms in total. The smallest absolute Gasteiger partial charge is 0.0343 e. The predicted octanol–water partition coefficient (Wildman–Crippen LogP) is 3.16. The van der Waals surface area contributed by atoms with E-state index in [0.29, 0.717) is 0 Å². The van der Waals surface area contributed by atoms with E-state index in [2.05, 4.69) is 11.6 Å². The third-order valence-corrected chi connectivity index (χ3v) is 1.63. The first-order valence-corrected chi connectivity index (χ1v) is 4.02. The maximum Gasteiger partial charge on any atom is 0.0343 e. The molecule has 0 aliphatic heterocycles. The second kappa shape index (κ2) is 5.53. The molecule has 0 unspecified atom stereocenters. The Bertz CT molecular complexity index is 242. The lowest BCUT2D eigenvalue weighted by Crippen LogP contribution is -1.91. The first-order chi connectivity index (χ1) is 5.57. The highest BCUT2D eigenvalue weighted by Gasteiger charge is 1.88. The Labute approximate surface area is 75.2 Å². The summed E-state index contributed by atoms with van der Waals surface area (Å²) in [5.41, 5.74) is 3.32. The van der Waals surface area contributed by atoms with E-state index in [-0.39, 0.29) is 0 Å². The maximum absolute atomic E-state index is 4.08. The predicted molar refractivity (Wildman–Crippen MR) is 56.7 cm³/mol. The minimum atomic E-state index is 1.06. The first-order valence-electron chi connectivity index (χ1n) is 4.02. The molecule has 0 saturated heterocycles. The van der Waals surface area contributed by atoms with Crippen LogP contribution in [-0.4, -0.2) is 12.8 Å². The molecule has 0 saturated carbocycles. The highest BCUT2D eigenvalue weighted by atomic mass is 14.7. The average Bonchev–Trinajstić information content (AvgIpc) is 2.02. The number of hydrogen-bond acceptors (Lipinski definition) is 1. The average molecular weight is 163 g/mol. The quantitative estimate of drug-likeness (QED) is 0.447. The van der Waals surface area contributed by atoms with Gasteiger partial charge in [-0.1, -0.05) is 30.4 Å². The van der Waals surface area contributed by atoms with Crippen LogP contribution in [0.1, 0.15) is 20.8 Å². The molecule has 0 amide bonds. The number of allylic oxidation sites excluding steroid dienone is 5. The topological polar surface area (TPSA) is 12.4 Å². The molecule has 0 atom stereocenters. The monoisotopic (exact) mass is 163 g/mol. The zero-order valence-corrected chi connectivity index (χ0v) is 8.39. The SMILES string of the molecule is C=C(C)/C=C\C=C(/C)C(C)=NC. The van der Waals surface area contributed by atoms with Crippen LogP contribution in [0.15, 0.2) is 40.9 Å². The van der Waals surface area contributed by atoms with E-state index in [9.17, 15) is 0 Å². The van der Waals surface area contributed by atoms with Crippen molar-refractivity contribution in [2.45, 2.75) is 20.8 Å². The van der Waals surface area contributed by atoms with Crippen molar-refractivity contribution in [2.75, 3.05) is 7.05 Å². The lowest BCUT2D eigenvalue weighted by atomic mass is 10.2. The van der Waals surface area contributed by atoms with Crippen LogP contribution in [0, 0.1) is 0 Å². The van der Waals surface area contributed by atoms with E-state index < -0.39 is 0 Å². The van der Waals surface area contributed by atoms with E-state index in [4.69, 9.17) is 0 Å². The van der Waals surface area contributed by atoms with Gasteiger partial charge in [0.25, 0.3) is 0 Å². The van der Waals surface area contributed by atoms with Crippen LogP contribution in [0.5, 0.6) is 0 Å². The highest BCUT2D eigenvalue weighted by molar-refractivity contribution is 5.97. The number of rotatable bonds is 3. The van der Waals surface area contributed by atoms with Gasteiger partial charge in [-0.25, -0.2) is 0 Å². The van der Waals surface area contributed by atoms with Crippen molar-refractivity contribution in [3.8, 4) is 0 Å². The van der Waals surface area contributed by atoms with E-state index in [1.807, 2.05) is 39.0 Å². The molecule has 0 aromatic rings. The second-order valence-corrected chi connectivity index (χ2v) is 2.86. The fraction of sp³-hybridized carbons (Fsp3) is 0.364. The van der Waals surface area contributed by atoms with Gasteiger partial charge in [0, 0.05) is 12.8 Å². The third kappa shape index (κ3) is 4.67. The first kappa shape index (κ1) is 10.9. The Morgan fingerprint density at radius 3 is 2.25 bits per heavy atom. The Kier molecular flexibility index (Phi) is 5.02. The van der Waals surface area contributed by atoms with Gasteiger partial charge in [-0.05, 0) is 26.3 Å². The fourth-order valence-electron chi connectivity index (χ4n) is 0.654. The summed E-state index contributed by atoms with van der Waals surface area (Å²) in [6.45, 7) is 9.79. The molecule has 0 rings (SSSR count). The molecule has 0 radical (unpaired) electrons. The van der Waals surface area contributed by atoms with Gasteiger partial charge in [-0.2, -0.15) is 0 Å². The van der Waals surface area contributed by atoms with Gasteiger partial charge in [-0.3, -0.25) is 4.99 Å². The number of nitrogens with zero attached hydrogens (tertiary/aromatic N) is 1. The minimum absolute atomic E-state index is 1.06. The van der Waals surface area contributed by atoms with Crippen LogP contribution in [0.4, 0.5) is 0 Å². The molecule has 0 N–H and O–H groups in total. The Morgan fingerprint density at radius 2 is 1.83 bits per heavy atom. The lowest BCUT2D eigenvalue weighted by Gasteiger charge is -1.95. The summed E-state index contributed by atoms with van der Waals surface area (Å²) in [6, 6.07) is 0. The van der Waals surface area contributed by atoms with Gasteiger partial charge in [0.15, 0.2) is 0 Å². The summed E-state index contributed by atoms with van der Waals surface area (Å²) in [7, 11) is 1.80. The largest absolute Gasteiger partial charge is 0.293 e. The number of aliphatic imine (C=N–C) groups is 1. The van der Waals surface area contributed by atoms with Gasteiger partial charge in [-0.15, -0.1) is 0 Å². The van der Waals surface area contributed by atoms with Gasteiger partial charge < -0.3 is 0 Å². The molecule has 0 aliphatic carbocycles. The molecule has 12 heavy (non-hydrogen) atoms. The highest BCUT2D eigenvalue weighted by Crippen LogP contribution is 1.98. The third-order valence-electron chi connectivity index (χ3n) is 1.63. The fourth-order valence-corrected chi connectivity index (χ4v) is 0.654. The minimum Gasteiger partial charge on any atom is -0.293 e. The second-order valence-electron chi connectivity index (χ2n) is 2.86. The molecule has 0 aromatic carbocycles. The van der Waals surface area contributed by atoms with Crippen LogP contribution < -0.4 is 0 Å². The van der Waals surface area contributed by atoms with E-state index in [0.717, 1.165) is 11.3 Å². The van der Waals surface area contributed by atoms with Crippen molar-refractivity contribution < 1.29 is 0 Å². The summed E-state index contributed by atoms with van der Waals surface area (Å²) in [6.07, 6.45) is 6.01. The van der Waals surface area contributed by atoms with Gasteiger partial charge in [0.2, 0.25) is 0 Å². The van der Waals surface area contributed by atoms with Crippen molar-refractivity contribution in [2.24, 2.45) is 4.99 Å². The Balaban J connectivity index is 4.29. The van der Waals surface area contributed by atoms with E-state index in [1.54, 1.807) is 7.05 Å². The Morgan fingerprint density at radius 1 is 1.25 bits per heavy atom. The molecule has 0 aromatic heterocycles. The normalized spacial score (nSPS) is 14.0. The van der Waals surface area contributed by atoms with Crippen LogP contribution in [-0.2, 0) is 0 Å². The molecular weight excluding hydrogens is 146 g/mol. The zero-order chi connectivity index (χ0) is 9.56. The van der Waals surface area contributed by atoms with E-state index >= 15 is 0 Å². The zero-order valence-electron chi connectivity index (χ0n) is 8.39. The summed E-state index contributed by atoms with van der Waals surface area (Å²) in [5.74, 6) is 0. The van der Waals surface area contributed by atoms with Gasteiger partial charge >= 0.3 is 0 Å². The molecule has 0 bridgehead atoms. The van der Waals surface area contributed by atoms with Gasteiger partial charge in [0.1, 0.15) is 0 Å². The van der Waals surface area contributed by atoms with Crippen molar-refractivity contribution in [1.82, 2.24) is 0 Å². The number of hydrogen-bond donors (Lipinski definition) is 0. The summed E-state index contributed by atoms with van der Waals surface area (Å²) >= 11 is 0. The summed E-state index contributed by atoms with van der Waals surface area (Å²) in [5, 5.41) is 0. The molecule has 0 spiro atoms. The van der Waals surface area contributed by atoms with Crippen molar-refractivity contribution in [3.63, 3.8) is 0 Å². The van der Waals surface area contributed by atoms with Crippen LogP contribution in [0.2, 0.25) is 0 Å².